The summed E-state index contributed by atoms with van der Waals surface area (Å²) in [5.74, 6) is -1.74. The highest BCUT2D eigenvalue weighted by molar-refractivity contribution is 6.75. The maximum absolute atomic E-state index is 12.2. The third-order valence-corrected chi connectivity index (χ3v) is 36.1. The highest BCUT2D eigenvalue weighted by Gasteiger charge is 2.49. The lowest BCUT2D eigenvalue weighted by molar-refractivity contribution is -0.337. The zero-order valence-corrected chi connectivity index (χ0v) is 57.7. The number of hydrogen-bond donors (Lipinski definition) is 2. The number of carbonyl (C=O) groups is 1. The van der Waals surface area contributed by atoms with E-state index in [9.17, 15) is 15.0 Å². The van der Waals surface area contributed by atoms with Crippen molar-refractivity contribution in [2.75, 3.05) is 13.7 Å². The van der Waals surface area contributed by atoms with E-state index in [0.717, 1.165) is 37.7 Å². The van der Waals surface area contributed by atoms with Crippen LogP contribution in [-0.4, -0.2) is 112 Å². The summed E-state index contributed by atoms with van der Waals surface area (Å²) in [6, 6.07) is 0. The number of carboxylic acids is 1. The Kier molecular flexibility index (Phi) is 27.9. The fraction of sp³-hybridized carbons (Fsp3) is 0.852. The largest absolute Gasteiger partial charge is 0.481 e. The molecule has 2 N–H and O–H groups in total. The van der Waals surface area contributed by atoms with Gasteiger partial charge in [-0.25, -0.2) is 0 Å². The molecule has 11 atom stereocenters. The second-order valence-corrected chi connectivity index (χ2v) is 48.4. The maximum atomic E-state index is 12.2. The number of aliphatic hydroxyl groups excluding tert-OH is 1. The molecule has 1 fully saturated rings. The fourth-order valence-electron chi connectivity index (χ4n) is 8.65. The van der Waals surface area contributed by atoms with Crippen molar-refractivity contribution in [3.8, 4) is 0 Å². The van der Waals surface area contributed by atoms with Crippen LogP contribution < -0.4 is 0 Å². The van der Waals surface area contributed by atoms with E-state index in [0.29, 0.717) is 13.0 Å². The molecule has 0 amide bonds. The summed E-state index contributed by atoms with van der Waals surface area (Å²) in [6.07, 6.45) is 18.2. The van der Waals surface area contributed by atoms with Crippen molar-refractivity contribution in [3.63, 3.8) is 0 Å². The average Bonchev–Trinajstić information content (AvgIpc) is 3.23. The van der Waals surface area contributed by atoms with Crippen LogP contribution in [0.1, 0.15) is 176 Å². The second kappa shape index (κ2) is 29.1. The molecule has 0 saturated carbocycles. The van der Waals surface area contributed by atoms with E-state index in [1.807, 2.05) is 13.8 Å². The van der Waals surface area contributed by atoms with Gasteiger partial charge in [0, 0.05) is 31.0 Å². The lowest BCUT2D eigenvalue weighted by Crippen LogP contribution is -2.57. The molecule has 0 bridgehead atoms. The first-order valence-electron chi connectivity index (χ1n) is 28.8. The van der Waals surface area contributed by atoms with Crippen LogP contribution in [0, 0.1) is 23.7 Å². The minimum atomic E-state index is -2.25. The van der Waals surface area contributed by atoms with Gasteiger partial charge in [-0.15, -0.1) is 0 Å². The molecule has 0 unspecified atom stereocenters. The van der Waals surface area contributed by atoms with Gasteiger partial charge in [0.15, 0.2) is 39.1 Å². The smallest absolute Gasteiger partial charge is 0.305 e. The number of methoxy groups -OCH3 is 1. The standard InChI is InChI=1S/C61H120O10Si4/c1-44(35-34-40-66-72(21,22)57(6,7)8)41-52(70-74(25,26)59(12,13)14)46(3)51(62)42-50(69-73(23,24)58(9,10)11)39-33-38-49(65-20)37-32-30-29-31-36-45(2)55-48(5)56(68-61(18,19)67-55)47(4)53(43-54(63)64)71-75(27,28)60(15,16)17/h29-32,34-35,41,45-53,55-56,62H,33,36-40,42-43H2,1-28H3,(H,63,64)/b31-29+,32-30-,35-34+,44-41+/t45-,46-,47+,48-,49+,50+,51-,52+,53+,55+,56-/m0/s1. The molecule has 1 heterocycles. The molecule has 0 radical (unpaired) electrons. The predicted octanol–water partition coefficient (Wildman–Crippen LogP) is 17.0. The Balaban J connectivity index is 3.18. The first-order valence-corrected chi connectivity index (χ1v) is 40.5. The molecule has 75 heavy (non-hydrogen) atoms. The first kappa shape index (κ1) is 72.0. The van der Waals surface area contributed by atoms with Gasteiger partial charge in [-0.2, -0.15) is 0 Å². The minimum Gasteiger partial charge on any atom is -0.481 e. The van der Waals surface area contributed by atoms with E-state index >= 15 is 0 Å². The molecule has 10 nitrogen and oxygen atoms in total. The second-order valence-electron chi connectivity index (χ2n) is 29.3. The van der Waals surface area contributed by atoms with E-state index in [4.69, 9.17) is 31.9 Å². The van der Waals surface area contributed by atoms with Crippen molar-refractivity contribution in [1.82, 2.24) is 0 Å². The third kappa shape index (κ3) is 23.5. The molecule has 0 aromatic rings. The van der Waals surface area contributed by atoms with Gasteiger partial charge in [-0.3, -0.25) is 4.79 Å². The zero-order chi connectivity index (χ0) is 58.6. The summed E-state index contributed by atoms with van der Waals surface area (Å²) in [7, 11) is -6.68. The number of carboxylic acid groups (broad SMARTS) is 1. The molecule has 0 aromatic carbocycles. The van der Waals surface area contributed by atoms with Crippen LogP contribution in [0.2, 0.25) is 72.5 Å². The Morgan fingerprint density at radius 2 is 1.15 bits per heavy atom. The van der Waals surface area contributed by atoms with Gasteiger partial charge in [0.1, 0.15) is 0 Å². The summed E-state index contributed by atoms with van der Waals surface area (Å²) >= 11 is 0. The summed E-state index contributed by atoms with van der Waals surface area (Å²) in [5.41, 5.74) is 1.11. The van der Waals surface area contributed by atoms with E-state index in [-0.39, 0.29) is 80.8 Å². The van der Waals surface area contributed by atoms with E-state index in [2.05, 4.69) is 213 Å². The van der Waals surface area contributed by atoms with Crippen molar-refractivity contribution in [3.05, 3.63) is 48.1 Å². The number of ether oxygens (including phenoxy) is 3. The van der Waals surface area contributed by atoms with E-state index in [1.54, 1.807) is 7.11 Å². The van der Waals surface area contributed by atoms with Crippen LogP contribution in [0.4, 0.5) is 0 Å². The molecule has 440 valence electrons. The van der Waals surface area contributed by atoms with Crippen LogP contribution in [0.25, 0.3) is 0 Å². The average molecular weight is 1130 g/mol. The van der Waals surface area contributed by atoms with Crippen LogP contribution in [0.3, 0.4) is 0 Å². The predicted molar refractivity (Wildman–Crippen MR) is 328 cm³/mol. The maximum Gasteiger partial charge on any atom is 0.305 e. The lowest BCUT2D eigenvalue weighted by atomic mass is 9.79. The van der Waals surface area contributed by atoms with Gasteiger partial charge in [0.25, 0.3) is 0 Å². The molecule has 0 aromatic heterocycles. The fourth-order valence-corrected chi connectivity index (χ4v) is 13.7. The van der Waals surface area contributed by atoms with E-state index < -0.39 is 57.2 Å². The van der Waals surface area contributed by atoms with Gasteiger partial charge < -0.3 is 42.1 Å². The number of aliphatic hydroxyl groups is 1. The van der Waals surface area contributed by atoms with Gasteiger partial charge >= 0.3 is 5.97 Å². The SMILES string of the molecule is CO[C@H](C/C=C\C=C\C[C@H](C)[C@H]1OC(C)(C)O[C@@H]([C@H](C)[C@@H](CC(=O)O)O[Si](C)(C)C(C)(C)C)[C@H]1C)CCC[C@H](C[C@H](O)[C@H](C)[C@@H](/C=C(C)/C=C/CO[Si](C)(C)C(C)(C)C)O[Si](C)(C)C(C)(C)C)O[Si](C)(C)C(C)(C)C. The molecular formula is C61H120O10Si4. The molecule has 1 saturated heterocycles. The zero-order valence-electron chi connectivity index (χ0n) is 53.7. The van der Waals surface area contributed by atoms with Gasteiger partial charge in [-0.05, 0) is 138 Å². The van der Waals surface area contributed by atoms with Crippen molar-refractivity contribution in [2.45, 2.75) is 298 Å². The van der Waals surface area contributed by atoms with Crippen LogP contribution >= 0.6 is 0 Å². The van der Waals surface area contributed by atoms with Crippen molar-refractivity contribution in [1.29, 1.82) is 0 Å². The number of hydrogen-bond acceptors (Lipinski definition) is 9. The molecular weight excluding hydrogens is 1010 g/mol. The van der Waals surface area contributed by atoms with E-state index in [1.165, 1.54) is 0 Å². The summed E-state index contributed by atoms with van der Waals surface area (Å²) < 4.78 is 46.8. The Labute approximate surface area is 466 Å². The quantitative estimate of drug-likeness (QED) is 0.0531. The Morgan fingerprint density at radius 3 is 1.64 bits per heavy atom. The molecule has 14 heteroatoms. The summed E-state index contributed by atoms with van der Waals surface area (Å²) in [5, 5.41) is 22.3. The van der Waals surface area contributed by atoms with Crippen LogP contribution in [0.5, 0.6) is 0 Å². The Hall–Kier alpha value is -1.02. The van der Waals surface area contributed by atoms with Crippen LogP contribution in [-0.2, 0) is 36.7 Å². The first-order chi connectivity index (χ1) is 33.7. The lowest BCUT2D eigenvalue weighted by Gasteiger charge is -2.50. The molecule has 1 rings (SSSR count). The van der Waals surface area contributed by atoms with Crippen LogP contribution in [0.15, 0.2) is 48.1 Å². The van der Waals surface area contributed by atoms with Gasteiger partial charge in [0.2, 0.25) is 0 Å². The third-order valence-electron chi connectivity index (χ3n) is 18.1. The number of aliphatic carboxylic acids is 1. The van der Waals surface area contributed by atoms with Crippen molar-refractivity contribution >= 4 is 39.2 Å². The topological polar surface area (TPSA) is 122 Å². The normalized spacial score (nSPS) is 22.6. The molecule has 1 aliphatic rings. The molecule has 0 aliphatic carbocycles. The number of rotatable bonds is 30. The van der Waals surface area contributed by atoms with Gasteiger partial charge in [0.05, 0.1) is 49.7 Å². The minimum absolute atomic E-state index is 0.0144. The van der Waals surface area contributed by atoms with Gasteiger partial charge in [-0.1, -0.05) is 159 Å². The summed E-state index contributed by atoms with van der Waals surface area (Å²) in [6.45, 7) is 60.4. The highest BCUT2D eigenvalue weighted by atomic mass is 28.4. The molecule has 0 spiro atoms. The Morgan fingerprint density at radius 1 is 0.680 bits per heavy atom. The Bertz CT molecular complexity index is 1830. The van der Waals surface area contributed by atoms with Crippen molar-refractivity contribution < 1.29 is 46.9 Å². The monoisotopic (exact) mass is 1120 g/mol. The summed E-state index contributed by atoms with van der Waals surface area (Å²) in [4.78, 5) is 12.1. The molecule has 1 aliphatic heterocycles. The number of allylic oxidation sites excluding steroid dienone is 5. The van der Waals surface area contributed by atoms with Crippen molar-refractivity contribution in [2.24, 2.45) is 23.7 Å². The highest BCUT2D eigenvalue weighted by Crippen LogP contribution is 2.45.